The van der Waals surface area contributed by atoms with Gasteiger partial charge in [-0.1, -0.05) is 30.3 Å². The number of hydroxylamine groups is 1. The third kappa shape index (κ3) is 4.43. The van der Waals surface area contributed by atoms with Crippen molar-refractivity contribution in [3.63, 3.8) is 0 Å². The zero-order valence-electron chi connectivity index (χ0n) is 19.4. The molecule has 0 aromatic heterocycles. The summed E-state index contributed by atoms with van der Waals surface area (Å²) in [4.78, 5) is 33.1. The zero-order chi connectivity index (χ0) is 23.8. The fraction of sp³-hybridized carbons (Fsp3) is 0.400. The molecule has 1 fully saturated rings. The highest BCUT2D eigenvalue weighted by molar-refractivity contribution is 6.07. The Labute approximate surface area is 194 Å². The van der Waals surface area contributed by atoms with Crippen molar-refractivity contribution in [1.82, 2.24) is 9.80 Å². The number of amides is 2. The molecule has 2 aliphatic rings. The molecule has 1 saturated heterocycles. The van der Waals surface area contributed by atoms with Gasteiger partial charge in [0.25, 0.3) is 5.91 Å². The van der Waals surface area contributed by atoms with Crippen molar-refractivity contribution in [3.05, 3.63) is 54.1 Å². The van der Waals surface area contributed by atoms with Crippen LogP contribution < -0.4 is 10.8 Å². The number of guanidine groups is 1. The van der Waals surface area contributed by atoms with Crippen LogP contribution in [0.2, 0.25) is 0 Å². The van der Waals surface area contributed by atoms with Crippen LogP contribution >= 0.6 is 0 Å². The average Bonchev–Trinajstić information content (AvgIpc) is 3.03. The minimum Gasteiger partial charge on any atom is -0.369 e. The van der Waals surface area contributed by atoms with E-state index < -0.39 is 5.54 Å². The lowest BCUT2D eigenvalue weighted by Gasteiger charge is -2.33. The van der Waals surface area contributed by atoms with Gasteiger partial charge in [-0.2, -0.15) is 0 Å². The SMILES string of the molecule is CC(=O)N1CCC(CN2C(=O)C(C)(c3cccc(-c4cccc(N(C)O)c4)c3)N=C2N)CC1. The van der Waals surface area contributed by atoms with Crippen LogP contribution in [0.4, 0.5) is 5.69 Å². The molecule has 0 saturated carbocycles. The Hall–Kier alpha value is -3.39. The minimum absolute atomic E-state index is 0.0930. The van der Waals surface area contributed by atoms with Gasteiger partial charge in [-0.3, -0.25) is 24.8 Å². The second-order valence-electron chi connectivity index (χ2n) is 9.06. The van der Waals surface area contributed by atoms with E-state index >= 15 is 0 Å². The second-order valence-corrected chi connectivity index (χ2v) is 9.06. The van der Waals surface area contributed by atoms with Gasteiger partial charge in [-0.25, -0.2) is 4.99 Å². The number of hydrogen-bond acceptors (Lipinski definition) is 6. The molecule has 0 radical (unpaired) electrons. The van der Waals surface area contributed by atoms with Crippen LogP contribution in [0, 0.1) is 5.92 Å². The number of anilines is 1. The molecule has 2 aromatic carbocycles. The molecule has 2 amide bonds. The number of nitrogens with zero attached hydrogens (tertiary/aromatic N) is 4. The molecule has 2 aromatic rings. The van der Waals surface area contributed by atoms with Crippen LogP contribution in [-0.4, -0.2) is 59.5 Å². The fourth-order valence-electron chi connectivity index (χ4n) is 4.65. The number of aliphatic imine (C=N–C) groups is 1. The summed E-state index contributed by atoms with van der Waals surface area (Å²) in [5.41, 5.74) is 8.43. The van der Waals surface area contributed by atoms with Crippen molar-refractivity contribution >= 4 is 23.5 Å². The number of carbonyl (C=O) groups excluding carboxylic acids is 2. The summed E-state index contributed by atoms with van der Waals surface area (Å²) in [5, 5.41) is 10.8. The molecule has 4 rings (SSSR count). The quantitative estimate of drug-likeness (QED) is 0.684. The van der Waals surface area contributed by atoms with E-state index in [1.54, 1.807) is 25.8 Å². The maximum absolute atomic E-state index is 13.5. The Balaban J connectivity index is 1.54. The highest BCUT2D eigenvalue weighted by Gasteiger charge is 2.46. The summed E-state index contributed by atoms with van der Waals surface area (Å²) >= 11 is 0. The normalized spacial score (nSPS) is 21.3. The topological polar surface area (TPSA) is 102 Å². The summed E-state index contributed by atoms with van der Waals surface area (Å²) < 4.78 is 0. The van der Waals surface area contributed by atoms with E-state index in [1.165, 1.54) is 0 Å². The minimum atomic E-state index is -1.09. The van der Waals surface area contributed by atoms with Crippen molar-refractivity contribution < 1.29 is 14.8 Å². The van der Waals surface area contributed by atoms with E-state index in [9.17, 15) is 14.8 Å². The van der Waals surface area contributed by atoms with Crippen LogP contribution in [0.15, 0.2) is 53.5 Å². The van der Waals surface area contributed by atoms with E-state index in [0.717, 1.165) is 34.6 Å². The van der Waals surface area contributed by atoms with E-state index in [1.807, 2.05) is 53.4 Å². The largest absolute Gasteiger partial charge is 0.369 e. The van der Waals surface area contributed by atoms with E-state index in [-0.39, 0.29) is 23.7 Å². The van der Waals surface area contributed by atoms with Crippen LogP contribution in [0.1, 0.15) is 32.3 Å². The summed E-state index contributed by atoms with van der Waals surface area (Å²) in [6.45, 7) is 5.32. The van der Waals surface area contributed by atoms with Gasteiger partial charge in [0.2, 0.25) is 5.91 Å². The van der Waals surface area contributed by atoms with Gasteiger partial charge in [-0.05, 0) is 60.6 Å². The number of hydrogen-bond donors (Lipinski definition) is 2. The molecule has 174 valence electrons. The third-order valence-corrected chi connectivity index (χ3v) is 6.75. The van der Waals surface area contributed by atoms with Crippen LogP contribution in [0.25, 0.3) is 11.1 Å². The van der Waals surface area contributed by atoms with Gasteiger partial charge in [-0.15, -0.1) is 0 Å². The Kier molecular flexibility index (Phi) is 6.12. The molecule has 0 spiro atoms. The molecule has 1 atom stereocenters. The highest BCUT2D eigenvalue weighted by Crippen LogP contribution is 2.36. The van der Waals surface area contributed by atoms with Gasteiger partial charge >= 0.3 is 0 Å². The maximum Gasteiger partial charge on any atom is 0.261 e. The fourth-order valence-corrected chi connectivity index (χ4v) is 4.65. The van der Waals surface area contributed by atoms with Gasteiger partial charge in [0.05, 0.1) is 5.69 Å². The van der Waals surface area contributed by atoms with Crippen molar-refractivity contribution in [3.8, 4) is 11.1 Å². The molecule has 33 heavy (non-hydrogen) atoms. The van der Waals surface area contributed by atoms with E-state index in [4.69, 9.17) is 5.73 Å². The summed E-state index contributed by atoms with van der Waals surface area (Å²) in [7, 11) is 1.57. The van der Waals surface area contributed by atoms with E-state index in [0.29, 0.717) is 25.3 Å². The summed E-state index contributed by atoms with van der Waals surface area (Å²) in [6, 6.07) is 15.3. The predicted molar refractivity (Wildman–Crippen MR) is 128 cm³/mol. The Bertz CT molecular complexity index is 1090. The zero-order valence-corrected chi connectivity index (χ0v) is 19.4. The number of likely N-dealkylation sites (tertiary alicyclic amines) is 1. The van der Waals surface area contributed by atoms with Gasteiger partial charge in [0.1, 0.15) is 0 Å². The first-order valence-corrected chi connectivity index (χ1v) is 11.3. The number of benzene rings is 2. The molecule has 0 aliphatic carbocycles. The lowest BCUT2D eigenvalue weighted by molar-refractivity contribution is -0.133. The number of carbonyl (C=O) groups is 2. The maximum atomic E-state index is 13.5. The molecule has 8 nitrogen and oxygen atoms in total. The number of nitrogens with two attached hydrogens (primary N) is 1. The van der Waals surface area contributed by atoms with Crippen LogP contribution in [-0.2, 0) is 15.1 Å². The third-order valence-electron chi connectivity index (χ3n) is 6.75. The monoisotopic (exact) mass is 449 g/mol. The van der Waals surface area contributed by atoms with Crippen molar-refractivity contribution in [1.29, 1.82) is 0 Å². The average molecular weight is 450 g/mol. The number of rotatable bonds is 5. The first-order valence-electron chi connectivity index (χ1n) is 11.3. The standard InChI is InChI=1S/C25H31N5O3/c1-17(31)29-12-10-18(11-13-29)16-30-23(32)25(2,27-24(30)26)21-8-4-6-19(14-21)20-7-5-9-22(15-20)28(3)33/h4-9,14-15,18,33H,10-13,16H2,1-3H3,(H2,26,27). The summed E-state index contributed by atoms with van der Waals surface area (Å²) in [6.07, 6.45) is 1.69. The molecular formula is C25H31N5O3. The Morgan fingerprint density at radius 1 is 1.18 bits per heavy atom. The Morgan fingerprint density at radius 2 is 1.82 bits per heavy atom. The van der Waals surface area contributed by atoms with Gasteiger partial charge < -0.3 is 10.6 Å². The molecule has 3 N–H and O–H groups in total. The molecule has 1 unspecified atom stereocenters. The van der Waals surface area contributed by atoms with Crippen molar-refractivity contribution in [2.45, 2.75) is 32.2 Å². The first-order chi connectivity index (χ1) is 15.7. The molecule has 8 heteroatoms. The van der Waals surface area contributed by atoms with Gasteiger partial charge in [0.15, 0.2) is 11.5 Å². The lowest BCUT2D eigenvalue weighted by atomic mass is 9.89. The number of piperidine rings is 1. The predicted octanol–water partition coefficient (Wildman–Crippen LogP) is 2.81. The smallest absolute Gasteiger partial charge is 0.261 e. The Morgan fingerprint density at radius 3 is 2.45 bits per heavy atom. The van der Waals surface area contributed by atoms with E-state index in [2.05, 4.69) is 4.99 Å². The second kappa shape index (κ2) is 8.86. The molecule has 2 aliphatic heterocycles. The summed E-state index contributed by atoms with van der Waals surface area (Å²) in [5.74, 6) is 0.487. The van der Waals surface area contributed by atoms with Crippen molar-refractivity contribution in [2.75, 3.05) is 31.7 Å². The van der Waals surface area contributed by atoms with Crippen molar-refractivity contribution in [2.24, 2.45) is 16.6 Å². The first kappa shape index (κ1) is 22.8. The molecule has 0 bridgehead atoms. The molecule has 2 heterocycles. The van der Waals surface area contributed by atoms with Crippen LogP contribution in [0.3, 0.4) is 0 Å². The highest BCUT2D eigenvalue weighted by atomic mass is 16.5. The lowest BCUT2D eigenvalue weighted by Crippen LogP contribution is -2.46. The van der Waals surface area contributed by atoms with Gasteiger partial charge in [0, 0.05) is 33.6 Å². The van der Waals surface area contributed by atoms with Crippen LogP contribution in [0.5, 0.6) is 0 Å². The molecular weight excluding hydrogens is 418 g/mol.